The van der Waals surface area contributed by atoms with Gasteiger partial charge in [0, 0.05) is 5.03 Å². The number of hydrogen-bond acceptors (Lipinski definition) is 0. The summed E-state index contributed by atoms with van der Waals surface area (Å²) in [5.74, 6) is 0. The van der Waals surface area contributed by atoms with Crippen LogP contribution in [0, 0.1) is 0 Å². The molecule has 0 unspecified atom stereocenters. The summed E-state index contributed by atoms with van der Waals surface area (Å²) in [6, 6.07) is 0. The van der Waals surface area contributed by atoms with Crippen LogP contribution >= 0.6 is 11.6 Å². The summed E-state index contributed by atoms with van der Waals surface area (Å²) in [7, 11) is 0. The van der Waals surface area contributed by atoms with Gasteiger partial charge in [0.1, 0.15) is 0 Å². The molecule has 0 saturated carbocycles. The predicted octanol–water partition coefficient (Wildman–Crippen LogP) is 2.87. The van der Waals surface area contributed by atoms with E-state index in [0.717, 1.165) is 0 Å². The molecule has 0 bridgehead atoms. The van der Waals surface area contributed by atoms with Crippen molar-refractivity contribution < 1.29 is 0 Å². The van der Waals surface area contributed by atoms with Crippen molar-refractivity contribution in [3.8, 4) is 0 Å². The van der Waals surface area contributed by atoms with Crippen LogP contribution < -0.4 is 0 Å². The SMILES string of the molecule is C=C(Cl)/C=C\C=C\C. The average Bonchev–Trinajstić information content (AvgIpc) is 1.66. The van der Waals surface area contributed by atoms with Crippen LogP contribution in [0.4, 0.5) is 0 Å². The van der Waals surface area contributed by atoms with Crippen molar-refractivity contribution in [3.63, 3.8) is 0 Å². The zero-order valence-electron chi connectivity index (χ0n) is 4.89. The normalized spacial score (nSPS) is 11.2. The van der Waals surface area contributed by atoms with Crippen molar-refractivity contribution in [2.75, 3.05) is 0 Å². The summed E-state index contributed by atoms with van der Waals surface area (Å²) in [6.07, 6.45) is 7.40. The Hall–Kier alpha value is -0.490. The molecule has 0 aliphatic carbocycles. The van der Waals surface area contributed by atoms with Crippen molar-refractivity contribution in [1.29, 1.82) is 0 Å². The first-order valence-electron chi connectivity index (χ1n) is 2.41. The van der Waals surface area contributed by atoms with Crippen LogP contribution in [0.1, 0.15) is 6.92 Å². The van der Waals surface area contributed by atoms with Gasteiger partial charge in [-0.1, -0.05) is 36.4 Å². The first-order valence-corrected chi connectivity index (χ1v) is 2.79. The van der Waals surface area contributed by atoms with Gasteiger partial charge in [-0.25, -0.2) is 0 Å². The Morgan fingerprint density at radius 2 is 2.12 bits per heavy atom. The Balaban J connectivity index is 3.50. The van der Waals surface area contributed by atoms with E-state index in [1.54, 1.807) is 6.08 Å². The molecule has 0 nitrogen and oxygen atoms in total. The number of hydrogen-bond donors (Lipinski definition) is 0. The van der Waals surface area contributed by atoms with Crippen LogP contribution in [0.2, 0.25) is 0 Å². The van der Waals surface area contributed by atoms with Crippen molar-refractivity contribution in [2.45, 2.75) is 6.92 Å². The second kappa shape index (κ2) is 4.66. The van der Waals surface area contributed by atoms with Gasteiger partial charge in [0.05, 0.1) is 0 Å². The van der Waals surface area contributed by atoms with Crippen molar-refractivity contribution in [2.24, 2.45) is 0 Å². The Morgan fingerprint density at radius 1 is 1.50 bits per heavy atom. The van der Waals surface area contributed by atoms with Gasteiger partial charge < -0.3 is 0 Å². The zero-order valence-corrected chi connectivity index (χ0v) is 5.65. The maximum Gasteiger partial charge on any atom is 0.0334 e. The highest BCUT2D eigenvalue weighted by Gasteiger charge is 1.69. The summed E-state index contributed by atoms with van der Waals surface area (Å²) in [6.45, 7) is 5.42. The lowest BCUT2D eigenvalue weighted by atomic mass is 10.4. The quantitative estimate of drug-likeness (QED) is 0.502. The van der Waals surface area contributed by atoms with E-state index in [4.69, 9.17) is 11.6 Å². The lowest BCUT2D eigenvalue weighted by Gasteiger charge is -1.75. The third kappa shape index (κ3) is 5.51. The smallest absolute Gasteiger partial charge is 0.0334 e. The maximum atomic E-state index is 5.40. The molecular weight excluding hydrogens is 120 g/mol. The van der Waals surface area contributed by atoms with Gasteiger partial charge in [-0.3, -0.25) is 0 Å². The fraction of sp³-hybridized carbons (Fsp3) is 0.143. The van der Waals surface area contributed by atoms with E-state index in [-0.39, 0.29) is 0 Å². The molecule has 0 rings (SSSR count). The third-order valence-electron chi connectivity index (χ3n) is 0.581. The van der Waals surface area contributed by atoms with Crippen molar-refractivity contribution in [1.82, 2.24) is 0 Å². The molecule has 0 aromatic heterocycles. The minimum Gasteiger partial charge on any atom is -0.0877 e. The Labute approximate surface area is 55.2 Å². The van der Waals surface area contributed by atoms with E-state index >= 15 is 0 Å². The molecule has 0 aromatic rings. The maximum absolute atomic E-state index is 5.40. The molecule has 8 heavy (non-hydrogen) atoms. The highest BCUT2D eigenvalue weighted by atomic mass is 35.5. The van der Waals surface area contributed by atoms with Gasteiger partial charge in [0.25, 0.3) is 0 Å². The second-order valence-electron chi connectivity index (χ2n) is 1.33. The molecule has 0 atom stereocenters. The van der Waals surface area contributed by atoms with Crippen molar-refractivity contribution >= 4 is 11.6 Å². The Morgan fingerprint density at radius 3 is 2.50 bits per heavy atom. The zero-order chi connectivity index (χ0) is 6.41. The van der Waals surface area contributed by atoms with E-state index < -0.39 is 0 Å². The highest BCUT2D eigenvalue weighted by Crippen LogP contribution is 1.96. The van der Waals surface area contributed by atoms with Crippen LogP contribution in [0.15, 0.2) is 35.9 Å². The molecule has 0 fully saturated rings. The lowest BCUT2D eigenvalue weighted by molar-refractivity contribution is 1.73. The van der Waals surface area contributed by atoms with E-state index in [2.05, 4.69) is 6.58 Å². The lowest BCUT2D eigenvalue weighted by Crippen LogP contribution is -1.52. The summed E-state index contributed by atoms with van der Waals surface area (Å²) < 4.78 is 0. The molecule has 0 heterocycles. The highest BCUT2D eigenvalue weighted by molar-refractivity contribution is 6.30. The van der Waals surface area contributed by atoms with E-state index in [1.165, 1.54) is 0 Å². The molecule has 0 aliphatic rings. The van der Waals surface area contributed by atoms with Gasteiger partial charge in [0.15, 0.2) is 0 Å². The average molecular weight is 129 g/mol. The standard InChI is InChI=1S/C7H9Cl/c1-3-4-5-6-7(2)8/h3-6H,2H2,1H3/b4-3+,6-5-. The Bertz CT molecular complexity index is 120. The second-order valence-corrected chi connectivity index (χ2v) is 1.82. The fourth-order valence-electron chi connectivity index (χ4n) is 0.271. The predicted molar refractivity (Wildman–Crippen MR) is 38.9 cm³/mol. The molecule has 0 amide bonds. The summed E-state index contributed by atoms with van der Waals surface area (Å²) in [5.41, 5.74) is 0. The molecule has 0 radical (unpaired) electrons. The van der Waals surface area contributed by atoms with E-state index in [1.807, 2.05) is 25.2 Å². The Kier molecular flexibility index (Phi) is 4.38. The minimum absolute atomic E-state index is 0.558. The first-order chi connectivity index (χ1) is 3.77. The molecule has 44 valence electrons. The molecule has 0 N–H and O–H groups in total. The topological polar surface area (TPSA) is 0 Å². The van der Waals surface area contributed by atoms with Gasteiger partial charge in [0.2, 0.25) is 0 Å². The number of rotatable bonds is 2. The van der Waals surface area contributed by atoms with E-state index in [0.29, 0.717) is 5.03 Å². The van der Waals surface area contributed by atoms with E-state index in [9.17, 15) is 0 Å². The molecule has 0 aromatic carbocycles. The van der Waals surface area contributed by atoms with Gasteiger partial charge in [-0.2, -0.15) is 0 Å². The van der Waals surface area contributed by atoms with Crippen LogP contribution in [0.3, 0.4) is 0 Å². The fourth-order valence-corrected chi connectivity index (χ4v) is 0.344. The van der Waals surface area contributed by atoms with Gasteiger partial charge in [-0.05, 0) is 13.0 Å². The van der Waals surface area contributed by atoms with Crippen LogP contribution in [0.5, 0.6) is 0 Å². The first kappa shape index (κ1) is 7.51. The van der Waals surface area contributed by atoms with Crippen LogP contribution in [-0.2, 0) is 0 Å². The molecular formula is C7H9Cl. The summed E-state index contributed by atoms with van der Waals surface area (Å²) >= 11 is 5.40. The monoisotopic (exact) mass is 128 g/mol. The third-order valence-corrected chi connectivity index (χ3v) is 0.707. The van der Waals surface area contributed by atoms with Crippen molar-refractivity contribution in [3.05, 3.63) is 35.9 Å². The molecule has 0 saturated heterocycles. The van der Waals surface area contributed by atoms with Gasteiger partial charge in [-0.15, -0.1) is 0 Å². The van der Waals surface area contributed by atoms with Crippen LogP contribution in [0.25, 0.3) is 0 Å². The molecule has 0 aliphatic heterocycles. The molecule has 1 heteroatoms. The number of allylic oxidation sites excluding steroid dienone is 5. The summed E-state index contributed by atoms with van der Waals surface area (Å²) in [4.78, 5) is 0. The van der Waals surface area contributed by atoms with Gasteiger partial charge >= 0.3 is 0 Å². The number of halogens is 1. The molecule has 0 spiro atoms. The van der Waals surface area contributed by atoms with Crippen LogP contribution in [-0.4, -0.2) is 0 Å². The summed E-state index contributed by atoms with van der Waals surface area (Å²) in [5, 5.41) is 0.558. The largest absolute Gasteiger partial charge is 0.0877 e. The minimum atomic E-state index is 0.558.